The minimum Gasteiger partial charge on any atom is -0.305 e. The number of rotatable bonds is 5. The number of anilines is 1. The van der Waals surface area contributed by atoms with Gasteiger partial charge in [0.15, 0.2) is 0 Å². The molecule has 0 saturated heterocycles. The summed E-state index contributed by atoms with van der Waals surface area (Å²) >= 11 is 3.09. The van der Waals surface area contributed by atoms with E-state index in [9.17, 15) is 12.8 Å². The van der Waals surface area contributed by atoms with Gasteiger partial charge in [0, 0.05) is 11.0 Å². The Labute approximate surface area is 155 Å². The maximum absolute atomic E-state index is 14.2. The first-order valence-electron chi connectivity index (χ1n) is 7.30. The van der Waals surface area contributed by atoms with Gasteiger partial charge in [-0.15, -0.1) is 0 Å². The molecule has 0 aliphatic carbocycles. The van der Waals surface area contributed by atoms with E-state index in [1.165, 1.54) is 0 Å². The highest BCUT2D eigenvalue weighted by Gasteiger charge is 2.22. The quantitative estimate of drug-likeness (QED) is 0.793. The van der Waals surface area contributed by atoms with Gasteiger partial charge in [-0.05, 0) is 60.7 Å². The normalized spacial score (nSPS) is 11.4. The van der Waals surface area contributed by atoms with Crippen LogP contribution in [0.3, 0.4) is 0 Å². The van der Waals surface area contributed by atoms with Crippen LogP contribution in [0.25, 0.3) is 0 Å². The van der Waals surface area contributed by atoms with Crippen LogP contribution in [-0.4, -0.2) is 27.4 Å². The lowest BCUT2D eigenvalue weighted by Crippen LogP contribution is -2.18. The molecular weight excluding hydrogens is 409 g/mol. The summed E-state index contributed by atoms with van der Waals surface area (Å²) in [6.45, 7) is 2.44. The van der Waals surface area contributed by atoms with Crippen LogP contribution in [0, 0.1) is 24.1 Å². The molecule has 0 aromatic heterocycles. The van der Waals surface area contributed by atoms with Crippen molar-refractivity contribution in [2.24, 2.45) is 0 Å². The van der Waals surface area contributed by atoms with E-state index in [0.29, 0.717) is 12.2 Å². The van der Waals surface area contributed by atoms with Crippen LogP contribution in [0.2, 0.25) is 0 Å². The minimum absolute atomic E-state index is 0.0279. The number of benzene rings is 2. The highest BCUT2D eigenvalue weighted by Crippen LogP contribution is 2.27. The number of hydrogen-bond acceptors (Lipinski definition) is 4. The van der Waals surface area contributed by atoms with Crippen LogP contribution in [-0.2, 0) is 16.6 Å². The Morgan fingerprint density at radius 2 is 1.96 bits per heavy atom. The van der Waals surface area contributed by atoms with Crippen molar-refractivity contribution in [1.82, 2.24) is 4.90 Å². The summed E-state index contributed by atoms with van der Waals surface area (Å²) < 4.78 is 42.1. The summed E-state index contributed by atoms with van der Waals surface area (Å²) in [4.78, 5) is 1.39. The largest absolute Gasteiger partial charge is 0.305 e. The van der Waals surface area contributed by atoms with Gasteiger partial charge in [-0.25, -0.2) is 12.8 Å². The number of nitrogens with one attached hydrogen (secondary N) is 1. The van der Waals surface area contributed by atoms with E-state index in [2.05, 4.69) is 20.7 Å². The van der Waals surface area contributed by atoms with Crippen molar-refractivity contribution in [3.63, 3.8) is 0 Å². The fourth-order valence-corrected chi connectivity index (χ4v) is 4.08. The smallest absolute Gasteiger partial charge is 0.264 e. The molecular formula is C17H17BrFN3O2S. The zero-order valence-electron chi connectivity index (χ0n) is 14.0. The highest BCUT2D eigenvalue weighted by atomic mass is 79.9. The number of nitriles is 1. The van der Waals surface area contributed by atoms with Crippen molar-refractivity contribution < 1.29 is 12.8 Å². The fourth-order valence-electron chi connectivity index (χ4n) is 2.31. The summed E-state index contributed by atoms with van der Waals surface area (Å²) in [5.74, 6) is -0.978. The highest BCUT2D eigenvalue weighted by molar-refractivity contribution is 9.10. The molecule has 0 bridgehead atoms. The Morgan fingerprint density at radius 3 is 2.56 bits per heavy atom. The molecule has 25 heavy (non-hydrogen) atoms. The predicted octanol–water partition coefficient (Wildman–Crippen LogP) is 3.63. The van der Waals surface area contributed by atoms with Gasteiger partial charge < -0.3 is 4.90 Å². The van der Waals surface area contributed by atoms with Gasteiger partial charge in [-0.1, -0.05) is 17.7 Å². The molecule has 0 saturated carbocycles. The second kappa shape index (κ2) is 7.52. The topological polar surface area (TPSA) is 73.2 Å². The van der Waals surface area contributed by atoms with E-state index < -0.39 is 20.7 Å². The summed E-state index contributed by atoms with van der Waals surface area (Å²) in [5, 5.41) is 8.90. The van der Waals surface area contributed by atoms with Gasteiger partial charge in [-0.2, -0.15) is 5.26 Å². The zero-order valence-corrected chi connectivity index (χ0v) is 16.4. The van der Waals surface area contributed by atoms with Crippen LogP contribution in [0.1, 0.15) is 16.7 Å². The van der Waals surface area contributed by atoms with Crippen molar-refractivity contribution in [3.8, 4) is 6.07 Å². The molecule has 5 nitrogen and oxygen atoms in total. The second-order valence-corrected chi connectivity index (χ2v) is 8.38. The third-order valence-corrected chi connectivity index (χ3v) is 5.46. The number of nitrogens with zero attached hydrogens (tertiary/aromatic N) is 2. The van der Waals surface area contributed by atoms with Crippen molar-refractivity contribution >= 4 is 31.6 Å². The number of aryl methyl sites for hydroxylation is 1. The first kappa shape index (κ1) is 19.4. The van der Waals surface area contributed by atoms with E-state index in [0.717, 1.165) is 23.3 Å². The Kier molecular flexibility index (Phi) is 5.83. The molecule has 0 amide bonds. The molecule has 0 aliphatic heterocycles. The summed E-state index contributed by atoms with van der Waals surface area (Å²) in [6, 6.07) is 9.10. The summed E-state index contributed by atoms with van der Waals surface area (Å²) in [5.41, 5.74) is 2.19. The average molecular weight is 426 g/mol. The molecule has 8 heteroatoms. The van der Waals surface area contributed by atoms with E-state index in [-0.39, 0.29) is 10.0 Å². The molecule has 2 aromatic rings. The SMILES string of the molecule is Cc1ccc(NS(=O)(=O)c2cc(Br)c(C#N)cc2F)c(CN(C)C)c1. The number of sulfonamides is 1. The molecule has 0 unspecified atom stereocenters. The summed E-state index contributed by atoms with van der Waals surface area (Å²) in [6.07, 6.45) is 0. The third kappa shape index (κ3) is 4.57. The fraction of sp³-hybridized carbons (Fsp3) is 0.235. The lowest BCUT2D eigenvalue weighted by molar-refractivity contribution is 0.403. The van der Waals surface area contributed by atoms with Crippen LogP contribution >= 0.6 is 15.9 Å². The predicted molar refractivity (Wildman–Crippen MR) is 98.2 cm³/mol. The number of halogens is 2. The summed E-state index contributed by atoms with van der Waals surface area (Å²) in [7, 11) is -0.400. The van der Waals surface area contributed by atoms with Gasteiger partial charge in [0.25, 0.3) is 10.0 Å². The lowest BCUT2D eigenvalue weighted by atomic mass is 10.1. The van der Waals surface area contributed by atoms with Gasteiger partial charge in [0.05, 0.1) is 11.3 Å². The van der Waals surface area contributed by atoms with Crippen molar-refractivity contribution in [2.75, 3.05) is 18.8 Å². The zero-order chi connectivity index (χ0) is 18.8. The molecule has 132 valence electrons. The van der Waals surface area contributed by atoms with E-state index in [1.807, 2.05) is 32.0 Å². The van der Waals surface area contributed by atoms with Crippen LogP contribution < -0.4 is 4.72 Å². The molecule has 0 aliphatic rings. The molecule has 2 rings (SSSR count). The standard InChI is InChI=1S/C17H17BrFN3O2S/c1-11-4-5-16(13(6-11)10-22(2)3)21-25(23,24)17-8-14(18)12(9-20)7-15(17)19/h4-8,21H,10H2,1-3H3. The van der Waals surface area contributed by atoms with Crippen molar-refractivity contribution in [1.29, 1.82) is 5.26 Å². The van der Waals surface area contributed by atoms with Crippen molar-refractivity contribution in [2.45, 2.75) is 18.4 Å². The Bertz CT molecular complexity index is 953. The van der Waals surface area contributed by atoms with Crippen LogP contribution in [0.5, 0.6) is 0 Å². The molecule has 0 spiro atoms. The number of hydrogen-bond donors (Lipinski definition) is 1. The molecule has 1 N–H and O–H groups in total. The molecule has 0 atom stereocenters. The van der Waals surface area contributed by atoms with Gasteiger partial charge in [0.2, 0.25) is 0 Å². The van der Waals surface area contributed by atoms with Crippen LogP contribution in [0.15, 0.2) is 39.7 Å². The van der Waals surface area contributed by atoms with E-state index >= 15 is 0 Å². The van der Waals surface area contributed by atoms with Gasteiger partial charge in [-0.3, -0.25) is 4.72 Å². The Morgan fingerprint density at radius 1 is 1.28 bits per heavy atom. The van der Waals surface area contributed by atoms with Crippen LogP contribution in [0.4, 0.5) is 10.1 Å². The molecule has 0 fully saturated rings. The van der Waals surface area contributed by atoms with E-state index in [1.54, 1.807) is 18.2 Å². The van der Waals surface area contributed by atoms with E-state index in [4.69, 9.17) is 5.26 Å². The Balaban J connectivity index is 2.47. The van der Waals surface area contributed by atoms with Gasteiger partial charge in [0.1, 0.15) is 16.8 Å². The van der Waals surface area contributed by atoms with Crippen molar-refractivity contribution in [3.05, 3.63) is 57.3 Å². The molecule has 0 heterocycles. The first-order chi connectivity index (χ1) is 11.6. The third-order valence-electron chi connectivity index (χ3n) is 3.42. The monoisotopic (exact) mass is 425 g/mol. The Hall–Kier alpha value is -1.95. The first-order valence-corrected chi connectivity index (χ1v) is 9.58. The van der Waals surface area contributed by atoms with Gasteiger partial charge >= 0.3 is 0 Å². The maximum atomic E-state index is 14.2. The molecule has 2 aromatic carbocycles. The lowest BCUT2D eigenvalue weighted by Gasteiger charge is -2.17. The second-order valence-electron chi connectivity index (χ2n) is 5.88. The minimum atomic E-state index is -4.15. The molecule has 0 radical (unpaired) electrons. The average Bonchev–Trinajstić information content (AvgIpc) is 2.51. The maximum Gasteiger partial charge on any atom is 0.264 e.